The molecule has 0 aromatic heterocycles. The van der Waals surface area contributed by atoms with Gasteiger partial charge in [-0.3, -0.25) is 4.79 Å². The number of alkyl halides is 1. The summed E-state index contributed by atoms with van der Waals surface area (Å²) in [6, 6.07) is 10.6. The van der Waals surface area contributed by atoms with Crippen LogP contribution in [0.5, 0.6) is 0 Å². The second kappa shape index (κ2) is 7.33. The molecule has 1 aliphatic rings. The van der Waals surface area contributed by atoms with Crippen LogP contribution in [0.2, 0.25) is 0 Å². The Morgan fingerprint density at radius 2 is 2.15 bits per heavy atom. The molecule has 0 aliphatic carbocycles. The molecular formula is C20H19F2N3O2. The molecule has 2 aromatic rings. The van der Waals surface area contributed by atoms with Gasteiger partial charge >= 0.3 is 0 Å². The zero-order chi connectivity index (χ0) is 19.6. The lowest BCUT2D eigenvalue weighted by atomic mass is 10.0. The standard InChI is InChI=1S/C20H19F2N3O2/c1-20(27,12-25-7-6-13-2-4-16(22)9-18(13)25)19(26)24-17-5-3-14(11-23)15(8-17)10-21/h2-5,8-9,27H,6-7,10,12H2,1H3,(H,24,26)/t20-/m0/s1. The lowest BCUT2D eigenvalue weighted by Crippen LogP contribution is -2.49. The van der Waals surface area contributed by atoms with Crippen molar-refractivity contribution in [3.63, 3.8) is 0 Å². The third-order valence-corrected chi connectivity index (χ3v) is 4.65. The van der Waals surface area contributed by atoms with Crippen LogP contribution in [-0.4, -0.2) is 29.7 Å². The van der Waals surface area contributed by atoms with E-state index in [4.69, 9.17) is 5.26 Å². The molecule has 2 aromatic carbocycles. The lowest BCUT2D eigenvalue weighted by Gasteiger charge is -2.29. The van der Waals surface area contributed by atoms with Gasteiger partial charge in [0.2, 0.25) is 0 Å². The van der Waals surface area contributed by atoms with Crippen LogP contribution >= 0.6 is 0 Å². The maximum absolute atomic E-state index is 13.5. The average Bonchev–Trinajstić information content (AvgIpc) is 3.02. The molecule has 1 atom stereocenters. The Kier molecular flexibility index (Phi) is 5.10. The van der Waals surface area contributed by atoms with E-state index in [1.165, 1.54) is 37.3 Å². The zero-order valence-electron chi connectivity index (χ0n) is 14.8. The Labute approximate surface area is 155 Å². The van der Waals surface area contributed by atoms with Gasteiger partial charge in [0.1, 0.15) is 12.5 Å². The largest absolute Gasteiger partial charge is 0.378 e. The molecule has 27 heavy (non-hydrogen) atoms. The molecule has 0 unspecified atom stereocenters. The Hall–Kier alpha value is -2.98. The minimum absolute atomic E-state index is 0.0124. The number of nitriles is 1. The van der Waals surface area contributed by atoms with Crippen LogP contribution in [-0.2, 0) is 17.9 Å². The van der Waals surface area contributed by atoms with Gasteiger partial charge in [-0.25, -0.2) is 8.78 Å². The van der Waals surface area contributed by atoms with Crippen LogP contribution in [0, 0.1) is 17.1 Å². The van der Waals surface area contributed by atoms with Gasteiger partial charge in [-0.2, -0.15) is 5.26 Å². The van der Waals surface area contributed by atoms with Crippen LogP contribution in [0.4, 0.5) is 20.2 Å². The van der Waals surface area contributed by atoms with E-state index in [1.807, 2.05) is 6.07 Å². The number of aliphatic hydroxyl groups is 1. The fraction of sp³-hybridized carbons (Fsp3) is 0.300. The molecule has 1 amide bonds. The van der Waals surface area contributed by atoms with Crippen molar-refractivity contribution in [3.8, 4) is 6.07 Å². The number of nitrogens with one attached hydrogen (secondary N) is 1. The minimum Gasteiger partial charge on any atom is -0.378 e. The average molecular weight is 371 g/mol. The number of carbonyl (C=O) groups is 1. The number of rotatable bonds is 5. The molecule has 2 N–H and O–H groups in total. The molecule has 7 heteroatoms. The Morgan fingerprint density at radius 3 is 2.85 bits per heavy atom. The smallest absolute Gasteiger partial charge is 0.257 e. The van der Waals surface area contributed by atoms with Crippen molar-refractivity contribution in [1.82, 2.24) is 0 Å². The number of halogens is 2. The molecule has 0 saturated carbocycles. The van der Waals surface area contributed by atoms with Crippen molar-refractivity contribution < 1.29 is 18.7 Å². The van der Waals surface area contributed by atoms with Gasteiger partial charge < -0.3 is 15.3 Å². The predicted octanol–water partition coefficient (Wildman–Crippen LogP) is 2.92. The summed E-state index contributed by atoms with van der Waals surface area (Å²) in [5, 5.41) is 22.1. The first-order valence-corrected chi connectivity index (χ1v) is 8.50. The second-order valence-corrected chi connectivity index (χ2v) is 6.79. The molecule has 0 fully saturated rings. The summed E-state index contributed by atoms with van der Waals surface area (Å²) in [6.07, 6.45) is 0.711. The van der Waals surface area contributed by atoms with Crippen molar-refractivity contribution >= 4 is 17.3 Å². The van der Waals surface area contributed by atoms with Crippen LogP contribution in [0.1, 0.15) is 23.6 Å². The highest BCUT2D eigenvalue weighted by Gasteiger charge is 2.35. The van der Waals surface area contributed by atoms with Crippen molar-refractivity contribution in [2.75, 3.05) is 23.3 Å². The fourth-order valence-corrected chi connectivity index (χ4v) is 3.18. The highest BCUT2D eigenvalue weighted by Crippen LogP contribution is 2.30. The monoisotopic (exact) mass is 371 g/mol. The van der Waals surface area contributed by atoms with E-state index in [1.54, 1.807) is 11.0 Å². The van der Waals surface area contributed by atoms with Crippen LogP contribution in [0.15, 0.2) is 36.4 Å². The van der Waals surface area contributed by atoms with E-state index in [9.17, 15) is 18.7 Å². The van der Waals surface area contributed by atoms with E-state index >= 15 is 0 Å². The normalized spacial score (nSPS) is 15.0. The Morgan fingerprint density at radius 1 is 1.37 bits per heavy atom. The highest BCUT2D eigenvalue weighted by atomic mass is 19.1. The molecule has 140 valence electrons. The number of benzene rings is 2. The van der Waals surface area contributed by atoms with E-state index in [0.29, 0.717) is 24.3 Å². The number of fused-ring (bicyclic) bond motifs is 1. The molecule has 3 rings (SSSR count). The first kappa shape index (κ1) is 18.8. The predicted molar refractivity (Wildman–Crippen MR) is 97.5 cm³/mol. The summed E-state index contributed by atoms with van der Waals surface area (Å²) in [4.78, 5) is 14.3. The number of anilines is 2. The molecule has 1 aliphatic heterocycles. The van der Waals surface area contributed by atoms with Crippen LogP contribution < -0.4 is 10.2 Å². The van der Waals surface area contributed by atoms with Gasteiger partial charge in [-0.15, -0.1) is 0 Å². The second-order valence-electron chi connectivity index (χ2n) is 6.79. The zero-order valence-corrected chi connectivity index (χ0v) is 14.8. The van der Waals surface area contributed by atoms with Crippen molar-refractivity contribution in [2.24, 2.45) is 0 Å². The molecule has 1 heterocycles. The molecule has 0 radical (unpaired) electrons. The van der Waals surface area contributed by atoms with Crippen LogP contribution in [0.3, 0.4) is 0 Å². The van der Waals surface area contributed by atoms with Gasteiger partial charge in [-0.1, -0.05) is 6.07 Å². The van der Waals surface area contributed by atoms with Gasteiger partial charge in [0.15, 0.2) is 5.60 Å². The third-order valence-electron chi connectivity index (χ3n) is 4.65. The van der Waals surface area contributed by atoms with E-state index < -0.39 is 18.2 Å². The molecule has 0 saturated heterocycles. The van der Waals surface area contributed by atoms with E-state index in [0.717, 1.165) is 5.56 Å². The van der Waals surface area contributed by atoms with Crippen molar-refractivity contribution in [3.05, 3.63) is 58.9 Å². The first-order valence-electron chi connectivity index (χ1n) is 8.50. The SMILES string of the molecule is C[C@](O)(CN1CCc2ccc(F)cc21)C(=O)Nc1ccc(C#N)c(CF)c1. The number of amides is 1. The number of carbonyl (C=O) groups excluding carboxylic acids is 1. The summed E-state index contributed by atoms with van der Waals surface area (Å²) in [5.41, 5.74) is 0.530. The molecule has 0 spiro atoms. The number of β-amino-alcohol motifs (C(OH)–C–C–N with tert-alkyl or cyclic N) is 1. The number of hydrogen-bond acceptors (Lipinski definition) is 4. The van der Waals surface area contributed by atoms with Gasteiger partial charge in [-0.05, 0) is 49.2 Å². The summed E-state index contributed by atoms with van der Waals surface area (Å²) in [6.45, 7) is 1.10. The summed E-state index contributed by atoms with van der Waals surface area (Å²) in [7, 11) is 0. The Balaban J connectivity index is 1.73. The maximum Gasteiger partial charge on any atom is 0.257 e. The number of nitrogens with zero attached hydrogens (tertiary/aromatic N) is 2. The van der Waals surface area contributed by atoms with Gasteiger partial charge in [0.25, 0.3) is 5.91 Å². The van der Waals surface area contributed by atoms with Gasteiger partial charge in [0, 0.05) is 23.5 Å². The maximum atomic E-state index is 13.5. The fourth-order valence-electron chi connectivity index (χ4n) is 3.18. The molecule has 0 bridgehead atoms. The van der Waals surface area contributed by atoms with E-state index in [2.05, 4.69) is 5.32 Å². The van der Waals surface area contributed by atoms with E-state index in [-0.39, 0.29) is 23.5 Å². The topological polar surface area (TPSA) is 76.4 Å². The summed E-state index contributed by atoms with van der Waals surface area (Å²) >= 11 is 0. The van der Waals surface area contributed by atoms with Crippen molar-refractivity contribution in [2.45, 2.75) is 25.6 Å². The minimum atomic E-state index is -1.75. The summed E-state index contributed by atoms with van der Waals surface area (Å²) in [5.74, 6) is -1.04. The molecular weight excluding hydrogens is 352 g/mol. The quantitative estimate of drug-likeness (QED) is 0.847. The van der Waals surface area contributed by atoms with Crippen molar-refractivity contribution in [1.29, 1.82) is 5.26 Å². The first-order chi connectivity index (χ1) is 12.8. The summed E-state index contributed by atoms with van der Waals surface area (Å²) < 4.78 is 26.5. The lowest BCUT2D eigenvalue weighted by molar-refractivity contribution is -0.131. The van der Waals surface area contributed by atoms with Gasteiger partial charge in [0.05, 0.1) is 18.2 Å². The third kappa shape index (κ3) is 3.91. The molecule has 5 nitrogen and oxygen atoms in total. The number of hydrogen-bond donors (Lipinski definition) is 2. The Bertz CT molecular complexity index is 922. The highest BCUT2D eigenvalue weighted by molar-refractivity contribution is 5.97. The van der Waals surface area contributed by atoms with Crippen LogP contribution in [0.25, 0.3) is 0 Å².